The monoisotopic (exact) mass is 567 g/mol. The number of aliphatic hydroxyl groups is 1. The molecule has 3 heterocycles. The highest BCUT2D eigenvalue weighted by Crippen LogP contribution is 2.66. The first-order chi connectivity index (χ1) is 19.4. The van der Waals surface area contributed by atoms with E-state index in [1.807, 2.05) is 35.2 Å². The highest BCUT2D eigenvalue weighted by Gasteiger charge is 2.74. The van der Waals surface area contributed by atoms with Crippen molar-refractivity contribution in [2.24, 2.45) is 11.8 Å². The number of carbonyl (C=O) groups excluding carboxylic acids is 3. The first-order valence-electron chi connectivity index (χ1n) is 14.9. The van der Waals surface area contributed by atoms with Crippen molar-refractivity contribution in [3.63, 3.8) is 0 Å². The summed E-state index contributed by atoms with van der Waals surface area (Å²) in [5, 5.41) is 9.29. The van der Waals surface area contributed by atoms with E-state index in [1.54, 1.807) is 33.7 Å². The van der Waals surface area contributed by atoms with Crippen LogP contribution in [0.5, 0.6) is 0 Å². The standard InChI is InChI=1S/C32H45N3O4S/c1-4-7-12-21-33(19-5-2)31(39)28-32-18-17-25(40-32)26(27(32)30(38)35(28)22-13-9-14-23-36)29(37)34(20-6-3)24-15-10-8-11-16-24/h5-6,8,10-11,15-16,25-28,36H,2-4,7,9,12-14,17-23H2,1H3/t25-,26+,27+,28?,32?/m1/s1. The highest BCUT2D eigenvalue weighted by molar-refractivity contribution is 8.02. The summed E-state index contributed by atoms with van der Waals surface area (Å²) in [6.07, 6.45) is 10.2. The first-order valence-corrected chi connectivity index (χ1v) is 15.8. The fourth-order valence-corrected chi connectivity index (χ4v) is 9.14. The Labute approximate surface area is 243 Å². The van der Waals surface area contributed by atoms with Crippen molar-refractivity contribution >= 4 is 35.2 Å². The fourth-order valence-electron chi connectivity index (χ4n) is 6.94. The molecule has 8 heteroatoms. The molecule has 0 saturated carbocycles. The molecule has 2 bridgehead atoms. The zero-order chi connectivity index (χ0) is 28.7. The van der Waals surface area contributed by atoms with Gasteiger partial charge in [-0.1, -0.05) is 50.1 Å². The van der Waals surface area contributed by atoms with Crippen LogP contribution in [-0.4, -0.2) is 81.5 Å². The van der Waals surface area contributed by atoms with Gasteiger partial charge in [-0.05, 0) is 50.7 Å². The lowest BCUT2D eigenvalue weighted by molar-refractivity contribution is -0.142. The third-order valence-electron chi connectivity index (χ3n) is 8.71. The lowest BCUT2D eigenvalue weighted by atomic mass is 9.70. The van der Waals surface area contributed by atoms with Crippen LogP contribution in [0.25, 0.3) is 0 Å². The Morgan fingerprint density at radius 1 is 1.07 bits per heavy atom. The topological polar surface area (TPSA) is 81.2 Å². The Morgan fingerprint density at radius 3 is 2.50 bits per heavy atom. The van der Waals surface area contributed by atoms with Gasteiger partial charge < -0.3 is 19.8 Å². The van der Waals surface area contributed by atoms with E-state index in [2.05, 4.69) is 20.1 Å². The maximum Gasteiger partial charge on any atom is 0.247 e. The van der Waals surface area contributed by atoms with E-state index in [1.165, 1.54) is 0 Å². The fraction of sp³-hybridized carbons (Fsp3) is 0.594. The van der Waals surface area contributed by atoms with Crippen molar-refractivity contribution in [1.29, 1.82) is 0 Å². The second-order valence-corrected chi connectivity index (χ2v) is 12.8. The quantitative estimate of drug-likeness (QED) is 0.232. The van der Waals surface area contributed by atoms with E-state index in [9.17, 15) is 19.5 Å². The average molecular weight is 568 g/mol. The molecule has 7 nitrogen and oxygen atoms in total. The molecule has 3 aliphatic rings. The molecule has 1 aromatic carbocycles. The van der Waals surface area contributed by atoms with Gasteiger partial charge in [0.25, 0.3) is 0 Å². The molecular formula is C32H45N3O4S. The van der Waals surface area contributed by atoms with Gasteiger partial charge in [0, 0.05) is 43.7 Å². The van der Waals surface area contributed by atoms with Crippen molar-refractivity contribution in [1.82, 2.24) is 9.80 Å². The van der Waals surface area contributed by atoms with Gasteiger partial charge in [-0.2, -0.15) is 0 Å². The van der Waals surface area contributed by atoms with Gasteiger partial charge in [-0.3, -0.25) is 14.4 Å². The Hall–Kier alpha value is -2.58. The molecule has 40 heavy (non-hydrogen) atoms. The largest absolute Gasteiger partial charge is 0.396 e. The number of unbranched alkanes of at least 4 members (excludes halogenated alkanes) is 4. The van der Waals surface area contributed by atoms with E-state index in [0.717, 1.165) is 50.6 Å². The van der Waals surface area contributed by atoms with Crippen molar-refractivity contribution in [3.8, 4) is 0 Å². The minimum absolute atomic E-state index is 0.0114. The summed E-state index contributed by atoms with van der Waals surface area (Å²) in [7, 11) is 0. The molecule has 3 aliphatic heterocycles. The third-order valence-corrected chi connectivity index (χ3v) is 10.7. The number of likely N-dealkylation sites (tertiary alicyclic amines) is 1. The molecule has 3 fully saturated rings. The second kappa shape index (κ2) is 13.9. The normalized spacial score (nSPS) is 26.6. The molecule has 4 rings (SSSR count). The molecule has 5 atom stereocenters. The zero-order valence-electron chi connectivity index (χ0n) is 23.9. The number of para-hydroxylation sites is 1. The number of thioether (sulfide) groups is 1. The van der Waals surface area contributed by atoms with Crippen LogP contribution in [0.2, 0.25) is 0 Å². The number of rotatable bonds is 16. The Bertz CT molecular complexity index is 1070. The smallest absolute Gasteiger partial charge is 0.247 e. The van der Waals surface area contributed by atoms with Crippen LogP contribution in [0, 0.1) is 11.8 Å². The first kappa shape index (κ1) is 30.4. The van der Waals surface area contributed by atoms with E-state index in [0.29, 0.717) is 32.6 Å². The van der Waals surface area contributed by atoms with Crippen molar-refractivity contribution in [2.45, 2.75) is 74.3 Å². The van der Waals surface area contributed by atoms with Crippen LogP contribution in [0.15, 0.2) is 55.6 Å². The Morgan fingerprint density at radius 2 is 1.82 bits per heavy atom. The number of anilines is 1. The molecule has 3 amide bonds. The molecule has 0 aliphatic carbocycles. The second-order valence-electron chi connectivity index (χ2n) is 11.2. The van der Waals surface area contributed by atoms with Crippen LogP contribution in [0.3, 0.4) is 0 Å². The summed E-state index contributed by atoms with van der Waals surface area (Å²) < 4.78 is -0.600. The number of amides is 3. The maximum atomic E-state index is 14.4. The predicted molar refractivity (Wildman–Crippen MR) is 162 cm³/mol. The molecular weight excluding hydrogens is 522 g/mol. The van der Waals surface area contributed by atoms with E-state index >= 15 is 0 Å². The molecule has 0 aromatic heterocycles. The van der Waals surface area contributed by atoms with Crippen molar-refractivity contribution in [3.05, 3.63) is 55.6 Å². The predicted octanol–water partition coefficient (Wildman–Crippen LogP) is 4.66. The number of carbonyl (C=O) groups is 3. The SMILES string of the molecule is C=CCN(CCCCC)C(=O)C1N(CCCCCO)C(=O)[C@@H]2[C@@H](C(=O)N(CC=C)c3ccccc3)[C@H]3CCC12S3. The van der Waals surface area contributed by atoms with Crippen LogP contribution < -0.4 is 4.90 Å². The van der Waals surface area contributed by atoms with Crippen LogP contribution >= 0.6 is 11.8 Å². The molecule has 1 spiro atoms. The molecule has 218 valence electrons. The van der Waals surface area contributed by atoms with Gasteiger partial charge in [0.05, 0.1) is 16.6 Å². The zero-order valence-corrected chi connectivity index (χ0v) is 24.7. The summed E-state index contributed by atoms with van der Waals surface area (Å²) in [6.45, 7) is 11.9. The molecule has 1 N–H and O–H groups in total. The molecule has 1 aromatic rings. The Balaban J connectivity index is 1.69. The number of aliphatic hydroxyl groups excluding tert-OH is 1. The van der Waals surface area contributed by atoms with E-state index in [4.69, 9.17) is 0 Å². The van der Waals surface area contributed by atoms with E-state index < -0.39 is 22.6 Å². The summed E-state index contributed by atoms with van der Waals surface area (Å²) in [5.41, 5.74) is 0.793. The maximum absolute atomic E-state index is 14.4. The number of hydrogen-bond donors (Lipinski definition) is 1. The van der Waals surface area contributed by atoms with E-state index in [-0.39, 0.29) is 29.6 Å². The summed E-state index contributed by atoms with van der Waals surface area (Å²) in [6, 6.07) is 8.98. The summed E-state index contributed by atoms with van der Waals surface area (Å²) in [4.78, 5) is 48.3. The van der Waals surface area contributed by atoms with Crippen LogP contribution in [0.1, 0.15) is 58.3 Å². The minimum atomic E-state index is -0.600. The van der Waals surface area contributed by atoms with Crippen molar-refractivity contribution < 1.29 is 19.5 Å². The van der Waals surface area contributed by atoms with Gasteiger partial charge in [0.1, 0.15) is 6.04 Å². The number of hydrogen-bond acceptors (Lipinski definition) is 5. The lowest BCUT2D eigenvalue weighted by Gasteiger charge is -2.37. The number of nitrogens with zero attached hydrogens (tertiary/aromatic N) is 3. The van der Waals surface area contributed by atoms with Crippen molar-refractivity contribution in [2.75, 3.05) is 37.7 Å². The number of fused-ring (bicyclic) bond motifs is 1. The molecule has 0 radical (unpaired) electrons. The summed E-state index contributed by atoms with van der Waals surface area (Å²) in [5.74, 6) is -1.12. The molecule has 2 unspecified atom stereocenters. The average Bonchev–Trinajstić information content (AvgIpc) is 3.61. The highest BCUT2D eigenvalue weighted by atomic mass is 32.2. The van der Waals surface area contributed by atoms with Crippen LogP contribution in [0.4, 0.5) is 5.69 Å². The van der Waals surface area contributed by atoms with Gasteiger partial charge in [-0.15, -0.1) is 24.9 Å². The lowest BCUT2D eigenvalue weighted by Crippen LogP contribution is -2.55. The van der Waals surface area contributed by atoms with Gasteiger partial charge >= 0.3 is 0 Å². The van der Waals surface area contributed by atoms with Gasteiger partial charge in [0.2, 0.25) is 17.7 Å². The minimum Gasteiger partial charge on any atom is -0.396 e. The van der Waals surface area contributed by atoms with Crippen LogP contribution in [-0.2, 0) is 14.4 Å². The Kier molecular flexibility index (Phi) is 10.5. The van der Waals surface area contributed by atoms with Gasteiger partial charge in [-0.25, -0.2) is 0 Å². The number of benzene rings is 1. The van der Waals surface area contributed by atoms with Gasteiger partial charge in [0.15, 0.2) is 0 Å². The summed E-state index contributed by atoms with van der Waals surface area (Å²) >= 11 is 1.72. The molecule has 3 saturated heterocycles. The third kappa shape index (κ3) is 5.75.